The lowest BCUT2D eigenvalue weighted by molar-refractivity contribution is -0.139. The highest BCUT2D eigenvalue weighted by Gasteiger charge is 2.35. The Labute approximate surface area is 171 Å². The Morgan fingerprint density at radius 3 is 2.31 bits per heavy atom. The minimum absolute atomic E-state index is 0.0936. The summed E-state index contributed by atoms with van der Waals surface area (Å²) in [5, 5.41) is 7.45. The number of piperidine rings is 2. The van der Waals surface area contributed by atoms with Gasteiger partial charge in [0.2, 0.25) is 5.91 Å². The SMILES string of the molecule is Cc1nonc1C(=O)N1CCC(N2CCCC(C(=O)N3CCN(C)CC3)C2)CC1. The number of carbonyl (C=O) groups is 2. The molecule has 0 spiro atoms. The predicted molar refractivity (Wildman–Crippen MR) is 106 cm³/mol. The molecule has 29 heavy (non-hydrogen) atoms. The Balaban J connectivity index is 1.29. The van der Waals surface area contributed by atoms with E-state index in [1.165, 1.54) is 0 Å². The highest BCUT2D eigenvalue weighted by Crippen LogP contribution is 2.26. The fraction of sp³-hybridized carbons (Fsp3) is 0.800. The standard InChI is InChI=1S/C20H32N6O3/c1-15-18(22-29-21-15)20(28)24-8-5-17(6-9-24)26-7-3-4-16(14-26)19(27)25-12-10-23(2)11-13-25/h16-17H,3-14H2,1-2H3. The molecule has 4 heterocycles. The lowest BCUT2D eigenvalue weighted by Gasteiger charge is -2.43. The number of rotatable bonds is 3. The van der Waals surface area contributed by atoms with Gasteiger partial charge < -0.3 is 14.7 Å². The fourth-order valence-corrected chi connectivity index (χ4v) is 4.83. The molecule has 9 heteroatoms. The zero-order valence-corrected chi connectivity index (χ0v) is 17.5. The smallest absolute Gasteiger partial charge is 0.278 e. The first-order valence-electron chi connectivity index (χ1n) is 10.8. The van der Waals surface area contributed by atoms with Gasteiger partial charge in [0.05, 0.1) is 5.92 Å². The van der Waals surface area contributed by atoms with Crippen LogP contribution in [0.2, 0.25) is 0 Å². The van der Waals surface area contributed by atoms with E-state index in [0.717, 1.165) is 65.0 Å². The van der Waals surface area contributed by atoms with E-state index in [-0.39, 0.29) is 11.8 Å². The molecule has 3 saturated heterocycles. The maximum absolute atomic E-state index is 13.0. The van der Waals surface area contributed by atoms with Crippen molar-refractivity contribution in [3.05, 3.63) is 11.4 Å². The van der Waals surface area contributed by atoms with Crippen molar-refractivity contribution in [3.8, 4) is 0 Å². The number of aryl methyl sites for hydroxylation is 1. The predicted octanol–water partition coefficient (Wildman–Crippen LogP) is 0.469. The number of piperazine rings is 1. The molecule has 3 aliphatic heterocycles. The van der Waals surface area contributed by atoms with Crippen LogP contribution in [0.25, 0.3) is 0 Å². The van der Waals surface area contributed by atoms with Crippen molar-refractivity contribution in [3.63, 3.8) is 0 Å². The molecule has 0 N–H and O–H groups in total. The van der Waals surface area contributed by atoms with E-state index in [9.17, 15) is 9.59 Å². The Kier molecular flexibility index (Phi) is 6.15. The summed E-state index contributed by atoms with van der Waals surface area (Å²) in [4.78, 5) is 34.3. The third-order valence-corrected chi connectivity index (χ3v) is 6.74. The maximum atomic E-state index is 13.0. The van der Waals surface area contributed by atoms with E-state index in [4.69, 9.17) is 0 Å². The molecule has 1 aromatic rings. The Bertz CT molecular complexity index is 722. The van der Waals surface area contributed by atoms with Crippen LogP contribution in [0.3, 0.4) is 0 Å². The number of hydrogen-bond acceptors (Lipinski definition) is 7. The summed E-state index contributed by atoms with van der Waals surface area (Å²) in [6, 6.07) is 0.443. The van der Waals surface area contributed by atoms with Gasteiger partial charge in [-0.1, -0.05) is 5.16 Å². The zero-order valence-electron chi connectivity index (χ0n) is 17.5. The molecule has 0 aliphatic carbocycles. The molecule has 1 atom stereocenters. The normalized spacial score (nSPS) is 25.4. The molecular formula is C20H32N6O3. The topological polar surface area (TPSA) is 86.0 Å². The van der Waals surface area contributed by atoms with E-state index in [1.807, 2.05) is 4.90 Å². The van der Waals surface area contributed by atoms with Gasteiger partial charge in [-0.25, -0.2) is 4.63 Å². The second kappa shape index (κ2) is 8.79. The lowest BCUT2D eigenvalue weighted by atomic mass is 9.92. The largest absolute Gasteiger partial charge is 0.340 e. The van der Waals surface area contributed by atoms with Crippen LogP contribution in [0, 0.1) is 12.8 Å². The minimum Gasteiger partial charge on any atom is -0.340 e. The van der Waals surface area contributed by atoms with Crippen LogP contribution in [0.5, 0.6) is 0 Å². The average Bonchev–Trinajstić information content (AvgIpc) is 3.19. The molecule has 1 unspecified atom stereocenters. The first kappa shape index (κ1) is 20.3. The Hall–Kier alpha value is -2.00. The summed E-state index contributed by atoms with van der Waals surface area (Å²) >= 11 is 0. The Morgan fingerprint density at radius 2 is 1.66 bits per heavy atom. The van der Waals surface area contributed by atoms with E-state index >= 15 is 0 Å². The monoisotopic (exact) mass is 404 g/mol. The lowest BCUT2D eigenvalue weighted by Crippen LogP contribution is -2.54. The molecule has 1 aromatic heterocycles. The summed E-state index contributed by atoms with van der Waals surface area (Å²) in [6.45, 7) is 8.71. The first-order valence-corrected chi connectivity index (χ1v) is 10.8. The molecule has 0 radical (unpaired) electrons. The highest BCUT2D eigenvalue weighted by atomic mass is 16.6. The second-order valence-corrected chi connectivity index (χ2v) is 8.68. The van der Waals surface area contributed by atoms with Gasteiger partial charge in [-0.2, -0.15) is 0 Å². The van der Waals surface area contributed by atoms with Crippen LogP contribution in [-0.4, -0.2) is 107 Å². The van der Waals surface area contributed by atoms with Gasteiger partial charge in [0.25, 0.3) is 5.91 Å². The Morgan fingerprint density at radius 1 is 0.931 bits per heavy atom. The molecule has 9 nitrogen and oxygen atoms in total. The van der Waals surface area contributed by atoms with Gasteiger partial charge in [-0.3, -0.25) is 14.5 Å². The fourth-order valence-electron chi connectivity index (χ4n) is 4.83. The van der Waals surface area contributed by atoms with Crippen LogP contribution < -0.4 is 0 Å². The third kappa shape index (κ3) is 4.45. The van der Waals surface area contributed by atoms with Crippen LogP contribution in [0.4, 0.5) is 0 Å². The van der Waals surface area contributed by atoms with Gasteiger partial charge in [0.1, 0.15) is 5.69 Å². The second-order valence-electron chi connectivity index (χ2n) is 8.68. The van der Waals surface area contributed by atoms with Gasteiger partial charge in [0, 0.05) is 51.9 Å². The minimum atomic E-state index is -0.0936. The van der Waals surface area contributed by atoms with Gasteiger partial charge >= 0.3 is 0 Å². The van der Waals surface area contributed by atoms with Crippen molar-refractivity contribution >= 4 is 11.8 Å². The molecule has 2 amide bonds. The first-order chi connectivity index (χ1) is 14.0. The van der Waals surface area contributed by atoms with Crippen LogP contribution >= 0.6 is 0 Å². The number of aromatic nitrogens is 2. The molecular weight excluding hydrogens is 372 g/mol. The number of carbonyl (C=O) groups excluding carboxylic acids is 2. The number of likely N-dealkylation sites (N-methyl/N-ethyl adjacent to an activating group) is 1. The average molecular weight is 405 g/mol. The van der Waals surface area contributed by atoms with E-state index in [2.05, 4.69) is 36.7 Å². The summed E-state index contributed by atoms with van der Waals surface area (Å²) < 4.78 is 4.67. The van der Waals surface area contributed by atoms with Crippen LogP contribution in [0.15, 0.2) is 4.63 Å². The number of amides is 2. The van der Waals surface area contributed by atoms with Crippen LogP contribution in [-0.2, 0) is 4.79 Å². The summed E-state index contributed by atoms with van der Waals surface area (Å²) in [7, 11) is 2.11. The number of likely N-dealkylation sites (tertiary alicyclic amines) is 2. The quantitative estimate of drug-likeness (QED) is 0.724. The number of hydrogen-bond donors (Lipinski definition) is 0. The molecule has 4 rings (SSSR count). The van der Waals surface area contributed by atoms with Crippen molar-refractivity contribution in [1.82, 2.24) is 29.9 Å². The summed E-state index contributed by atoms with van der Waals surface area (Å²) in [5.41, 5.74) is 0.859. The molecule has 3 aliphatic rings. The van der Waals surface area contributed by atoms with Crippen LogP contribution in [0.1, 0.15) is 41.9 Å². The number of nitrogens with zero attached hydrogens (tertiary/aromatic N) is 6. The van der Waals surface area contributed by atoms with E-state index in [0.29, 0.717) is 36.4 Å². The van der Waals surface area contributed by atoms with Crippen molar-refractivity contribution < 1.29 is 14.2 Å². The van der Waals surface area contributed by atoms with Gasteiger partial charge in [-0.05, 0) is 51.4 Å². The maximum Gasteiger partial charge on any atom is 0.278 e. The molecule has 3 fully saturated rings. The van der Waals surface area contributed by atoms with Crippen molar-refractivity contribution in [2.45, 2.75) is 38.6 Å². The van der Waals surface area contributed by atoms with Crippen molar-refractivity contribution in [1.29, 1.82) is 0 Å². The molecule has 160 valence electrons. The third-order valence-electron chi connectivity index (χ3n) is 6.74. The summed E-state index contributed by atoms with van der Waals surface area (Å²) in [6.07, 6.45) is 3.95. The van der Waals surface area contributed by atoms with Gasteiger partial charge in [0.15, 0.2) is 5.69 Å². The van der Waals surface area contributed by atoms with Gasteiger partial charge in [-0.15, -0.1) is 0 Å². The van der Waals surface area contributed by atoms with E-state index in [1.54, 1.807) is 6.92 Å². The summed E-state index contributed by atoms with van der Waals surface area (Å²) in [5.74, 6) is 0.365. The molecule has 0 bridgehead atoms. The zero-order chi connectivity index (χ0) is 20.4. The highest BCUT2D eigenvalue weighted by molar-refractivity contribution is 5.93. The van der Waals surface area contributed by atoms with Crippen molar-refractivity contribution in [2.75, 3.05) is 59.4 Å². The van der Waals surface area contributed by atoms with E-state index < -0.39 is 0 Å². The van der Waals surface area contributed by atoms with Crippen molar-refractivity contribution in [2.24, 2.45) is 5.92 Å². The molecule has 0 saturated carbocycles. The molecule has 0 aromatic carbocycles.